The first-order valence-corrected chi connectivity index (χ1v) is 12.1. The van der Waals surface area contributed by atoms with Crippen molar-refractivity contribution in [3.8, 4) is 22.3 Å². The van der Waals surface area contributed by atoms with E-state index in [1.807, 2.05) is 73.1 Å². The van der Waals surface area contributed by atoms with E-state index in [-0.39, 0.29) is 0 Å². The molecule has 0 amide bonds. The van der Waals surface area contributed by atoms with Crippen LogP contribution in [0.3, 0.4) is 0 Å². The molecule has 0 radical (unpaired) electrons. The van der Waals surface area contributed by atoms with Gasteiger partial charge in [0.25, 0.3) is 0 Å². The van der Waals surface area contributed by atoms with Crippen LogP contribution in [-0.4, -0.2) is 10.8 Å². The number of aromatic nitrogens is 1. The van der Waals surface area contributed by atoms with E-state index >= 15 is 0 Å². The molecule has 1 heterocycles. The summed E-state index contributed by atoms with van der Waals surface area (Å²) in [7, 11) is 0. The predicted molar refractivity (Wildman–Crippen MR) is 156 cm³/mol. The fourth-order valence-electron chi connectivity index (χ4n) is 4.19. The number of pyridine rings is 1. The van der Waals surface area contributed by atoms with Crippen molar-refractivity contribution in [2.45, 2.75) is 0 Å². The third-order valence-corrected chi connectivity index (χ3v) is 6.24. The zero-order valence-electron chi connectivity index (χ0n) is 20.5. The Labute approximate surface area is 218 Å². The molecule has 0 atom stereocenters. The van der Waals surface area contributed by atoms with E-state index in [4.69, 9.17) is 5.73 Å². The maximum absolute atomic E-state index is 6.33. The molecule has 178 valence electrons. The Balaban J connectivity index is 1.54. The third kappa shape index (κ3) is 5.63. The molecule has 2 N–H and O–H groups in total. The van der Waals surface area contributed by atoms with Gasteiger partial charge in [0.05, 0.1) is 0 Å². The maximum Gasteiger partial charge on any atom is 0.130 e. The monoisotopic (exact) mass is 477 g/mol. The molecule has 0 aliphatic rings. The number of rotatable bonds is 7. The van der Waals surface area contributed by atoms with Crippen LogP contribution in [0.25, 0.3) is 33.4 Å². The zero-order valence-corrected chi connectivity index (χ0v) is 20.5. The van der Waals surface area contributed by atoms with Crippen LogP contribution in [0.15, 0.2) is 151 Å². The van der Waals surface area contributed by atoms with E-state index in [0.29, 0.717) is 5.84 Å². The molecule has 3 heteroatoms. The number of hydrogen-bond donors (Lipinski definition) is 1. The van der Waals surface area contributed by atoms with Crippen molar-refractivity contribution < 1.29 is 0 Å². The quantitative estimate of drug-likeness (QED) is 0.147. The van der Waals surface area contributed by atoms with E-state index in [2.05, 4.69) is 77.2 Å². The van der Waals surface area contributed by atoms with E-state index in [0.717, 1.165) is 44.5 Å². The van der Waals surface area contributed by atoms with E-state index < -0.39 is 0 Å². The molecule has 4 aromatic carbocycles. The largest absolute Gasteiger partial charge is 0.383 e. The van der Waals surface area contributed by atoms with Gasteiger partial charge in [-0.2, -0.15) is 0 Å². The summed E-state index contributed by atoms with van der Waals surface area (Å²) in [6.45, 7) is 4.47. The number of hydrogen-bond acceptors (Lipinski definition) is 2. The molecule has 0 spiro atoms. The Hall–Kier alpha value is -5.02. The molecule has 3 nitrogen and oxygen atoms in total. The molecule has 0 fully saturated rings. The van der Waals surface area contributed by atoms with Crippen LogP contribution in [0.2, 0.25) is 0 Å². The summed E-state index contributed by atoms with van der Waals surface area (Å²) in [4.78, 5) is 8.92. The second kappa shape index (κ2) is 11.1. The fourth-order valence-corrected chi connectivity index (χ4v) is 4.19. The van der Waals surface area contributed by atoms with Crippen molar-refractivity contribution in [3.63, 3.8) is 0 Å². The second-order valence-corrected chi connectivity index (χ2v) is 8.67. The van der Waals surface area contributed by atoms with Gasteiger partial charge >= 0.3 is 0 Å². The molecule has 0 aliphatic carbocycles. The number of nitrogens with two attached hydrogens (primary N) is 1. The van der Waals surface area contributed by atoms with Gasteiger partial charge in [0.15, 0.2) is 0 Å². The number of benzene rings is 4. The molecule has 37 heavy (non-hydrogen) atoms. The van der Waals surface area contributed by atoms with Crippen molar-refractivity contribution in [1.82, 2.24) is 4.98 Å². The van der Waals surface area contributed by atoms with Crippen LogP contribution in [-0.2, 0) is 0 Å². The molecule has 0 aliphatic heterocycles. The zero-order chi connectivity index (χ0) is 25.5. The fraction of sp³-hybridized carbons (Fsp3) is 0. The summed E-state index contributed by atoms with van der Waals surface area (Å²) in [5.74, 6) is 0.453. The molecular weight excluding hydrogens is 450 g/mol. The van der Waals surface area contributed by atoms with Crippen molar-refractivity contribution in [2.75, 3.05) is 0 Å². The lowest BCUT2D eigenvalue weighted by molar-refractivity contribution is 1.33. The first-order chi connectivity index (χ1) is 18.2. The molecule has 0 bridgehead atoms. The van der Waals surface area contributed by atoms with Gasteiger partial charge in [0, 0.05) is 35.3 Å². The number of amidine groups is 1. The van der Waals surface area contributed by atoms with Crippen molar-refractivity contribution in [1.29, 1.82) is 0 Å². The van der Waals surface area contributed by atoms with Crippen molar-refractivity contribution in [2.24, 2.45) is 10.7 Å². The lowest BCUT2D eigenvalue weighted by Crippen LogP contribution is -2.12. The first kappa shape index (κ1) is 23.7. The minimum atomic E-state index is 0.453. The number of allylic oxidation sites excluding steroid dienone is 2. The van der Waals surface area contributed by atoms with Crippen molar-refractivity contribution >= 4 is 17.0 Å². The Morgan fingerprint density at radius 1 is 0.622 bits per heavy atom. The third-order valence-electron chi connectivity index (χ3n) is 6.24. The minimum absolute atomic E-state index is 0.453. The molecule has 0 unspecified atom stereocenters. The maximum atomic E-state index is 6.33. The Morgan fingerprint density at radius 2 is 1.24 bits per heavy atom. The lowest BCUT2D eigenvalue weighted by Gasteiger charge is -2.14. The van der Waals surface area contributed by atoms with Crippen LogP contribution in [0.5, 0.6) is 0 Å². The summed E-state index contributed by atoms with van der Waals surface area (Å²) in [5, 5.41) is 0. The number of aliphatic imine (C=N–C) groups is 1. The molecular formula is C34H27N3. The highest BCUT2D eigenvalue weighted by atomic mass is 14.8. The standard InChI is InChI=1S/C34H27N3/c1-25(26-17-19-28(20-18-26)27-10-4-2-5-11-27)33(24-37-34(35)29-12-6-3-7-13-29)31-15-8-14-30(22-31)32-16-9-21-36-23-32/h2-24H,1H2,(H2,35,37)/b33-24+. The van der Waals surface area contributed by atoms with Crippen molar-refractivity contribution in [3.05, 3.63) is 163 Å². The smallest absolute Gasteiger partial charge is 0.130 e. The van der Waals surface area contributed by atoms with Gasteiger partial charge in [0.1, 0.15) is 5.84 Å². The molecule has 0 saturated heterocycles. The predicted octanol–water partition coefficient (Wildman–Crippen LogP) is 7.88. The van der Waals surface area contributed by atoms with Gasteiger partial charge in [0.2, 0.25) is 0 Å². The molecule has 1 aromatic heterocycles. The van der Waals surface area contributed by atoms with Gasteiger partial charge < -0.3 is 5.73 Å². The average Bonchev–Trinajstić information content (AvgIpc) is 2.98. The molecule has 5 rings (SSSR count). The minimum Gasteiger partial charge on any atom is -0.383 e. The van der Waals surface area contributed by atoms with E-state index in [9.17, 15) is 0 Å². The summed E-state index contributed by atoms with van der Waals surface area (Å²) in [6, 6.07) is 40.9. The molecule has 0 saturated carbocycles. The highest BCUT2D eigenvalue weighted by Gasteiger charge is 2.11. The van der Waals surface area contributed by atoms with Crippen LogP contribution in [0.1, 0.15) is 16.7 Å². The Bertz CT molecular complexity index is 1550. The highest BCUT2D eigenvalue weighted by molar-refractivity contribution is 6.06. The van der Waals surface area contributed by atoms with Crippen LogP contribution < -0.4 is 5.73 Å². The normalized spacial score (nSPS) is 11.8. The summed E-state index contributed by atoms with van der Waals surface area (Å²) in [6.07, 6.45) is 5.46. The van der Waals surface area contributed by atoms with Crippen LogP contribution in [0.4, 0.5) is 0 Å². The molecule has 5 aromatic rings. The topological polar surface area (TPSA) is 51.3 Å². The lowest BCUT2D eigenvalue weighted by atomic mass is 9.91. The SMILES string of the molecule is C=C(/C(=C\N=C(/N)c1ccccc1)c1cccc(-c2cccnc2)c1)c1ccc(-c2ccccc2)cc1. The van der Waals surface area contributed by atoms with Gasteiger partial charge in [-0.05, 0) is 45.5 Å². The first-order valence-electron chi connectivity index (χ1n) is 12.1. The van der Waals surface area contributed by atoms with Crippen LogP contribution >= 0.6 is 0 Å². The highest BCUT2D eigenvalue weighted by Crippen LogP contribution is 2.33. The van der Waals surface area contributed by atoms with Gasteiger partial charge in [-0.15, -0.1) is 0 Å². The van der Waals surface area contributed by atoms with Gasteiger partial charge in [-0.1, -0.05) is 116 Å². The summed E-state index contributed by atoms with van der Waals surface area (Å²) in [5.41, 5.74) is 15.5. The Kier molecular flexibility index (Phi) is 7.14. The summed E-state index contributed by atoms with van der Waals surface area (Å²) >= 11 is 0. The second-order valence-electron chi connectivity index (χ2n) is 8.67. The average molecular weight is 478 g/mol. The van der Waals surface area contributed by atoms with E-state index in [1.165, 1.54) is 5.56 Å². The number of nitrogens with zero attached hydrogens (tertiary/aromatic N) is 2. The van der Waals surface area contributed by atoms with Crippen LogP contribution in [0, 0.1) is 0 Å². The Morgan fingerprint density at radius 3 is 1.95 bits per heavy atom. The van der Waals surface area contributed by atoms with Gasteiger partial charge in [-0.25, -0.2) is 4.99 Å². The van der Waals surface area contributed by atoms with E-state index in [1.54, 1.807) is 6.20 Å². The van der Waals surface area contributed by atoms with Gasteiger partial charge in [-0.3, -0.25) is 4.98 Å². The summed E-state index contributed by atoms with van der Waals surface area (Å²) < 4.78 is 0.